The number of hydrogen-bond acceptors (Lipinski definition) is 1. The van der Waals surface area contributed by atoms with Crippen LogP contribution in [0.3, 0.4) is 0 Å². The normalized spacial score (nSPS) is 33.0. The number of ether oxygens (including phenoxy) is 1. The highest BCUT2D eigenvalue weighted by molar-refractivity contribution is 9.09. The molecule has 0 aromatic rings. The van der Waals surface area contributed by atoms with Gasteiger partial charge in [0.15, 0.2) is 0 Å². The van der Waals surface area contributed by atoms with Gasteiger partial charge >= 0.3 is 0 Å². The monoisotopic (exact) mass is 258 g/mol. The lowest BCUT2D eigenvalue weighted by molar-refractivity contribution is -0.0456. The van der Waals surface area contributed by atoms with Crippen molar-refractivity contribution in [2.24, 2.45) is 5.41 Å². The molecule has 2 heteroatoms. The minimum atomic E-state index is -0.244. The molecule has 2 atom stereocenters. The van der Waals surface area contributed by atoms with Gasteiger partial charge in [-0.2, -0.15) is 0 Å². The van der Waals surface area contributed by atoms with Crippen LogP contribution in [0.15, 0.2) is 23.8 Å². The van der Waals surface area contributed by atoms with Gasteiger partial charge in [0.25, 0.3) is 0 Å². The van der Waals surface area contributed by atoms with Crippen molar-refractivity contribution in [3.8, 4) is 0 Å². The lowest BCUT2D eigenvalue weighted by Gasteiger charge is -2.45. The summed E-state index contributed by atoms with van der Waals surface area (Å²) in [6.07, 6.45) is 6.50. The number of methoxy groups -OCH3 is 1. The first-order valence-electron chi connectivity index (χ1n) is 4.90. The van der Waals surface area contributed by atoms with E-state index in [9.17, 15) is 0 Å². The molecule has 2 unspecified atom stereocenters. The van der Waals surface area contributed by atoms with E-state index in [0.29, 0.717) is 0 Å². The van der Waals surface area contributed by atoms with E-state index in [-0.39, 0.29) is 15.8 Å². The largest absolute Gasteiger partial charge is 0.372 e. The fourth-order valence-corrected chi connectivity index (χ4v) is 3.35. The van der Waals surface area contributed by atoms with Gasteiger partial charge in [-0.05, 0) is 12.3 Å². The van der Waals surface area contributed by atoms with Crippen molar-refractivity contribution < 1.29 is 4.74 Å². The van der Waals surface area contributed by atoms with Crippen LogP contribution >= 0.6 is 15.9 Å². The molecule has 80 valence electrons. The van der Waals surface area contributed by atoms with Crippen LogP contribution in [0.25, 0.3) is 0 Å². The second kappa shape index (κ2) is 3.82. The Bertz CT molecular complexity index is 273. The van der Waals surface area contributed by atoms with Gasteiger partial charge in [0.05, 0.1) is 4.83 Å². The van der Waals surface area contributed by atoms with Crippen LogP contribution in [0.5, 0.6) is 0 Å². The van der Waals surface area contributed by atoms with E-state index in [1.165, 1.54) is 5.57 Å². The molecule has 1 nitrogen and oxygen atoms in total. The van der Waals surface area contributed by atoms with Crippen molar-refractivity contribution in [3.05, 3.63) is 23.8 Å². The smallest absolute Gasteiger partial charge is 0.107 e. The highest BCUT2D eigenvalue weighted by Gasteiger charge is 2.45. The van der Waals surface area contributed by atoms with Crippen LogP contribution in [0.4, 0.5) is 0 Å². The van der Waals surface area contributed by atoms with Crippen molar-refractivity contribution in [2.75, 3.05) is 7.11 Å². The maximum atomic E-state index is 5.73. The number of halogens is 1. The van der Waals surface area contributed by atoms with E-state index in [2.05, 4.69) is 61.9 Å². The van der Waals surface area contributed by atoms with Gasteiger partial charge in [-0.25, -0.2) is 0 Å². The van der Waals surface area contributed by atoms with Gasteiger partial charge in [0.1, 0.15) is 5.60 Å². The average Bonchev–Trinajstić information content (AvgIpc) is 2.02. The number of allylic oxidation sites excluding steroid dienone is 2. The Morgan fingerprint density at radius 1 is 1.43 bits per heavy atom. The summed E-state index contributed by atoms with van der Waals surface area (Å²) < 4.78 is 5.73. The highest BCUT2D eigenvalue weighted by Crippen LogP contribution is 2.43. The topological polar surface area (TPSA) is 9.23 Å². The summed E-state index contributed by atoms with van der Waals surface area (Å²) in [6.45, 7) is 8.70. The molecule has 0 amide bonds. The zero-order chi connectivity index (χ0) is 11.0. The number of hydrogen-bond donors (Lipinski definition) is 0. The van der Waals surface area contributed by atoms with Gasteiger partial charge in [-0.15, -0.1) is 0 Å². The Labute approximate surface area is 95.3 Å². The molecule has 0 bridgehead atoms. The molecule has 14 heavy (non-hydrogen) atoms. The summed E-state index contributed by atoms with van der Waals surface area (Å²) in [7, 11) is 1.78. The summed E-state index contributed by atoms with van der Waals surface area (Å²) >= 11 is 3.70. The molecule has 1 rings (SSSR count). The molecule has 0 aromatic carbocycles. The van der Waals surface area contributed by atoms with Gasteiger partial charge in [-0.3, -0.25) is 0 Å². The Morgan fingerprint density at radius 2 is 2.00 bits per heavy atom. The van der Waals surface area contributed by atoms with E-state index >= 15 is 0 Å². The molecule has 0 N–H and O–H groups in total. The van der Waals surface area contributed by atoms with Crippen molar-refractivity contribution >= 4 is 15.9 Å². The average molecular weight is 259 g/mol. The maximum Gasteiger partial charge on any atom is 0.107 e. The third-order valence-corrected chi connectivity index (χ3v) is 3.87. The summed E-state index contributed by atoms with van der Waals surface area (Å²) in [5, 5.41) is 0. The van der Waals surface area contributed by atoms with Crippen LogP contribution in [0.2, 0.25) is 0 Å². The van der Waals surface area contributed by atoms with E-state index in [1.807, 2.05) is 0 Å². The van der Waals surface area contributed by atoms with E-state index in [0.717, 1.165) is 0 Å². The minimum Gasteiger partial charge on any atom is -0.372 e. The Kier molecular flexibility index (Phi) is 3.27. The second-order valence-electron chi connectivity index (χ2n) is 4.89. The molecule has 0 fully saturated rings. The SMILES string of the molecule is COC1(C(C)(C)C)C=CC(C)=CC1Br. The lowest BCUT2D eigenvalue weighted by Crippen LogP contribution is -2.50. The molecule has 0 saturated heterocycles. The van der Waals surface area contributed by atoms with Crippen LogP contribution in [0, 0.1) is 5.41 Å². The quantitative estimate of drug-likeness (QED) is 0.652. The van der Waals surface area contributed by atoms with Crippen LogP contribution in [-0.4, -0.2) is 17.5 Å². The second-order valence-corrected chi connectivity index (χ2v) is 5.88. The van der Waals surface area contributed by atoms with Gasteiger partial charge in [0.2, 0.25) is 0 Å². The van der Waals surface area contributed by atoms with E-state index < -0.39 is 0 Å². The Morgan fingerprint density at radius 3 is 2.36 bits per heavy atom. The molecular weight excluding hydrogens is 240 g/mol. The minimum absolute atomic E-state index is 0.0730. The number of alkyl halides is 1. The van der Waals surface area contributed by atoms with Crippen LogP contribution in [-0.2, 0) is 4.74 Å². The standard InChI is InChI=1S/C12H19BrO/c1-9-6-7-12(14-5,10(13)8-9)11(2,3)4/h6-8,10H,1-5H3. The van der Waals surface area contributed by atoms with Crippen molar-refractivity contribution in [1.82, 2.24) is 0 Å². The molecule has 0 spiro atoms. The summed E-state index contributed by atoms with van der Waals surface area (Å²) in [5.41, 5.74) is 1.11. The maximum absolute atomic E-state index is 5.73. The van der Waals surface area contributed by atoms with Gasteiger partial charge < -0.3 is 4.74 Å². The third-order valence-electron chi connectivity index (χ3n) is 2.92. The fourth-order valence-electron chi connectivity index (χ4n) is 1.91. The molecule has 0 heterocycles. The van der Waals surface area contributed by atoms with E-state index in [4.69, 9.17) is 4.74 Å². The van der Waals surface area contributed by atoms with Crippen LogP contribution < -0.4 is 0 Å². The molecule has 1 aliphatic rings. The molecular formula is C12H19BrO. The van der Waals surface area contributed by atoms with Crippen molar-refractivity contribution in [3.63, 3.8) is 0 Å². The highest BCUT2D eigenvalue weighted by atomic mass is 79.9. The first kappa shape index (κ1) is 12.0. The zero-order valence-corrected chi connectivity index (χ0v) is 11.2. The lowest BCUT2D eigenvalue weighted by atomic mass is 9.72. The molecule has 0 aromatic heterocycles. The first-order valence-corrected chi connectivity index (χ1v) is 5.82. The molecule has 0 radical (unpaired) electrons. The Hall–Kier alpha value is -0.0800. The van der Waals surface area contributed by atoms with Crippen molar-refractivity contribution in [1.29, 1.82) is 0 Å². The summed E-state index contributed by atoms with van der Waals surface area (Å²) in [4.78, 5) is 0.241. The predicted molar refractivity (Wildman–Crippen MR) is 64.8 cm³/mol. The molecule has 1 aliphatic carbocycles. The number of rotatable bonds is 1. The van der Waals surface area contributed by atoms with Crippen molar-refractivity contribution in [2.45, 2.75) is 38.1 Å². The third kappa shape index (κ3) is 1.82. The Balaban J connectivity index is 3.11. The van der Waals surface area contributed by atoms with Gasteiger partial charge in [0, 0.05) is 7.11 Å². The zero-order valence-electron chi connectivity index (χ0n) is 9.60. The van der Waals surface area contributed by atoms with Gasteiger partial charge in [-0.1, -0.05) is 60.5 Å². The first-order chi connectivity index (χ1) is 6.33. The summed E-state index contributed by atoms with van der Waals surface area (Å²) in [6, 6.07) is 0. The fraction of sp³-hybridized carbons (Fsp3) is 0.667. The van der Waals surface area contributed by atoms with E-state index in [1.54, 1.807) is 7.11 Å². The molecule has 0 aliphatic heterocycles. The predicted octanol–water partition coefficient (Wildman–Crippen LogP) is 3.70. The summed E-state index contributed by atoms with van der Waals surface area (Å²) in [5.74, 6) is 0. The molecule has 0 saturated carbocycles. The van der Waals surface area contributed by atoms with Crippen LogP contribution in [0.1, 0.15) is 27.7 Å².